The summed E-state index contributed by atoms with van der Waals surface area (Å²) in [7, 11) is 0. The van der Waals surface area contributed by atoms with E-state index in [1.165, 1.54) is 0 Å². The summed E-state index contributed by atoms with van der Waals surface area (Å²) >= 11 is 5.73. The van der Waals surface area contributed by atoms with E-state index in [2.05, 4.69) is 0 Å². The van der Waals surface area contributed by atoms with E-state index < -0.39 is 5.97 Å². The SMILES string of the molecule is CC/C=C/C(Cl)CCC(=O)[O-].[K+]. The second-order valence-electron chi connectivity index (χ2n) is 2.26. The Bertz CT molecular complexity index is 148. The topological polar surface area (TPSA) is 40.1 Å². The quantitative estimate of drug-likeness (QED) is 0.305. The Kier molecular flexibility index (Phi) is 13.3. The molecule has 0 bridgehead atoms. The van der Waals surface area contributed by atoms with Crippen molar-refractivity contribution in [1.29, 1.82) is 0 Å². The van der Waals surface area contributed by atoms with E-state index in [4.69, 9.17) is 11.6 Å². The van der Waals surface area contributed by atoms with E-state index in [0.29, 0.717) is 6.42 Å². The molecule has 0 fully saturated rings. The number of carboxylic acids is 1. The zero-order chi connectivity index (χ0) is 8.69. The number of carboxylic acid groups (broad SMARTS) is 1. The predicted molar refractivity (Wildman–Crippen MR) is 43.3 cm³/mol. The third kappa shape index (κ3) is 11.1. The summed E-state index contributed by atoms with van der Waals surface area (Å²) in [4.78, 5) is 9.98. The Morgan fingerprint density at radius 1 is 1.67 bits per heavy atom. The molecule has 0 heterocycles. The first-order chi connectivity index (χ1) is 5.16. The molecule has 0 saturated heterocycles. The van der Waals surface area contributed by atoms with Crippen LogP contribution < -0.4 is 56.5 Å². The fourth-order valence-electron chi connectivity index (χ4n) is 0.636. The molecule has 2 nitrogen and oxygen atoms in total. The van der Waals surface area contributed by atoms with Gasteiger partial charge in [0.1, 0.15) is 0 Å². The van der Waals surface area contributed by atoms with Gasteiger partial charge in [0, 0.05) is 5.97 Å². The van der Waals surface area contributed by atoms with Gasteiger partial charge in [-0.25, -0.2) is 0 Å². The number of carbonyl (C=O) groups is 1. The van der Waals surface area contributed by atoms with Crippen LogP contribution in [0.4, 0.5) is 0 Å². The van der Waals surface area contributed by atoms with Crippen LogP contribution in [0.3, 0.4) is 0 Å². The first-order valence-electron chi connectivity index (χ1n) is 3.67. The van der Waals surface area contributed by atoms with Gasteiger partial charge in [0.05, 0.1) is 5.38 Å². The molecule has 0 radical (unpaired) electrons. The Morgan fingerprint density at radius 3 is 2.67 bits per heavy atom. The molecule has 0 saturated carbocycles. The molecular weight excluding hydrogens is 203 g/mol. The predicted octanol–water partition coefficient (Wildman–Crippen LogP) is -1.91. The van der Waals surface area contributed by atoms with E-state index in [1.807, 2.05) is 19.1 Å². The monoisotopic (exact) mass is 214 g/mol. The maximum atomic E-state index is 9.98. The maximum absolute atomic E-state index is 9.98. The van der Waals surface area contributed by atoms with Crippen LogP contribution in [0.25, 0.3) is 0 Å². The van der Waals surface area contributed by atoms with Crippen molar-refractivity contribution in [2.75, 3.05) is 0 Å². The van der Waals surface area contributed by atoms with Crippen LogP contribution >= 0.6 is 11.6 Å². The second kappa shape index (κ2) is 10.2. The molecule has 1 unspecified atom stereocenters. The normalized spacial score (nSPS) is 12.5. The molecule has 0 amide bonds. The van der Waals surface area contributed by atoms with Gasteiger partial charge in [0.25, 0.3) is 0 Å². The van der Waals surface area contributed by atoms with Gasteiger partial charge < -0.3 is 9.90 Å². The maximum Gasteiger partial charge on any atom is 1.00 e. The van der Waals surface area contributed by atoms with Gasteiger partial charge in [-0.15, -0.1) is 11.6 Å². The van der Waals surface area contributed by atoms with Crippen LogP contribution in [0.15, 0.2) is 12.2 Å². The molecule has 0 rings (SSSR count). The number of hydrogen-bond acceptors (Lipinski definition) is 2. The Balaban J connectivity index is 0. The number of allylic oxidation sites excluding steroid dienone is 2. The van der Waals surface area contributed by atoms with Crippen molar-refractivity contribution in [2.45, 2.75) is 31.6 Å². The second-order valence-corrected chi connectivity index (χ2v) is 2.82. The number of hydrogen-bond donors (Lipinski definition) is 0. The summed E-state index contributed by atoms with van der Waals surface area (Å²) in [6.45, 7) is 2.00. The van der Waals surface area contributed by atoms with Crippen LogP contribution in [-0.2, 0) is 4.79 Å². The van der Waals surface area contributed by atoms with Crippen LogP contribution in [0, 0.1) is 0 Å². The molecule has 12 heavy (non-hydrogen) atoms. The van der Waals surface area contributed by atoms with Crippen LogP contribution in [-0.4, -0.2) is 11.3 Å². The third-order valence-corrected chi connectivity index (χ3v) is 1.57. The van der Waals surface area contributed by atoms with Gasteiger partial charge in [-0.1, -0.05) is 19.1 Å². The van der Waals surface area contributed by atoms with E-state index in [1.54, 1.807) is 0 Å². The molecule has 0 aromatic heterocycles. The molecule has 0 aromatic carbocycles. The average molecular weight is 215 g/mol. The van der Waals surface area contributed by atoms with Crippen LogP contribution in [0.2, 0.25) is 0 Å². The van der Waals surface area contributed by atoms with Crippen molar-refractivity contribution in [1.82, 2.24) is 0 Å². The van der Waals surface area contributed by atoms with Gasteiger partial charge in [-0.2, -0.15) is 0 Å². The molecular formula is C8H12ClKO2. The average Bonchev–Trinajstić information content (AvgIpc) is 1.97. The molecule has 0 aromatic rings. The van der Waals surface area contributed by atoms with Gasteiger partial charge in [-0.05, 0) is 19.3 Å². The van der Waals surface area contributed by atoms with E-state index in [-0.39, 0.29) is 63.2 Å². The largest absolute Gasteiger partial charge is 1.00 e. The van der Waals surface area contributed by atoms with Gasteiger partial charge in [-0.3, -0.25) is 0 Å². The molecule has 0 aliphatic carbocycles. The van der Waals surface area contributed by atoms with Crippen molar-refractivity contribution < 1.29 is 61.3 Å². The van der Waals surface area contributed by atoms with E-state index in [0.717, 1.165) is 6.42 Å². The summed E-state index contributed by atoms with van der Waals surface area (Å²) in [5.41, 5.74) is 0. The zero-order valence-electron chi connectivity index (χ0n) is 7.55. The number of halogens is 1. The smallest absolute Gasteiger partial charge is 0.550 e. The van der Waals surface area contributed by atoms with Crippen molar-refractivity contribution in [3.8, 4) is 0 Å². The van der Waals surface area contributed by atoms with Crippen LogP contribution in [0.1, 0.15) is 26.2 Å². The summed E-state index contributed by atoms with van der Waals surface area (Å²) < 4.78 is 0. The molecule has 0 spiro atoms. The fraction of sp³-hybridized carbons (Fsp3) is 0.625. The molecule has 0 aliphatic rings. The summed E-state index contributed by atoms with van der Waals surface area (Å²) in [6.07, 6.45) is 5.13. The van der Waals surface area contributed by atoms with Crippen molar-refractivity contribution in [3.05, 3.63) is 12.2 Å². The molecule has 64 valence electrons. The van der Waals surface area contributed by atoms with Crippen LogP contribution in [0.5, 0.6) is 0 Å². The fourth-order valence-corrected chi connectivity index (χ4v) is 0.848. The number of rotatable bonds is 5. The minimum atomic E-state index is -1.04. The minimum Gasteiger partial charge on any atom is -0.550 e. The molecule has 0 N–H and O–H groups in total. The molecule has 0 aliphatic heterocycles. The summed E-state index contributed by atoms with van der Waals surface area (Å²) in [6, 6.07) is 0. The standard InChI is InChI=1S/C8H13ClO2.K/c1-2-3-4-7(9)5-6-8(10)11;/h3-4,7H,2,5-6H2,1H3,(H,10,11);/q;+1/p-1/b4-3+;. The Morgan fingerprint density at radius 2 is 2.25 bits per heavy atom. The van der Waals surface area contributed by atoms with Crippen molar-refractivity contribution in [2.24, 2.45) is 0 Å². The first kappa shape index (κ1) is 15.6. The third-order valence-electron chi connectivity index (χ3n) is 1.20. The molecule has 1 atom stereocenters. The van der Waals surface area contributed by atoms with Gasteiger partial charge >= 0.3 is 51.4 Å². The van der Waals surface area contributed by atoms with Gasteiger partial charge in [0.2, 0.25) is 0 Å². The number of alkyl halides is 1. The number of carbonyl (C=O) groups excluding carboxylic acids is 1. The van der Waals surface area contributed by atoms with Crippen molar-refractivity contribution >= 4 is 17.6 Å². The molecule has 4 heteroatoms. The van der Waals surface area contributed by atoms with Crippen molar-refractivity contribution in [3.63, 3.8) is 0 Å². The first-order valence-corrected chi connectivity index (χ1v) is 4.11. The Labute approximate surface area is 121 Å². The van der Waals surface area contributed by atoms with Gasteiger partial charge in [0.15, 0.2) is 0 Å². The summed E-state index contributed by atoms with van der Waals surface area (Å²) in [5.74, 6) is -1.04. The van der Waals surface area contributed by atoms with E-state index in [9.17, 15) is 9.90 Å². The Hall–Kier alpha value is 1.14. The summed E-state index contributed by atoms with van der Waals surface area (Å²) in [5, 5.41) is 9.81. The number of aliphatic carboxylic acids is 1. The zero-order valence-corrected chi connectivity index (χ0v) is 11.4. The minimum absolute atomic E-state index is 0. The van der Waals surface area contributed by atoms with E-state index >= 15 is 0 Å².